The average Bonchev–Trinajstić information content (AvgIpc) is 2.87. The van der Waals surface area contributed by atoms with Crippen molar-refractivity contribution in [2.75, 3.05) is 0 Å². The number of nitrogens with two attached hydrogens (primary N) is 1. The highest BCUT2D eigenvalue weighted by atomic mass is 35.5. The van der Waals surface area contributed by atoms with Gasteiger partial charge in [0.1, 0.15) is 11.5 Å². The van der Waals surface area contributed by atoms with Crippen LogP contribution in [0.4, 0.5) is 0 Å². The lowest BCUT2D eigenvalue weighted by Crippen LogP contribution is -2.31. The van der Waals surface area contributed by atoms with Gasteiger partial charge in [0.15, 0.2) is 6.10 Å². The van der Waals surface area contributed by atoms with Crippen LogP contribution in [0.25, 0.3) is 0 Å². The molecule has 2 unspecified atom stereocenters. The first-order valence-electron chi connectivity index (χ1n) is 6.02. The Hall–Kier alpha value is -1.16. The zero-order chi connectivity index (χ0) is 13.8. The lowest BCUT2D eigenvalue weighted by Gasteiger charge is -2.22. The third kappa shape index (κ3) is 3.66. The molecule has 0 aliphatic heterocycles. The van der Waals surface area contributed by atoms with E-state index in [1.165, 1.54) is 0 Å². The summed E-state index contributed by atoms with van der Waals surface area (Å²) in [6.07, 6.45) is 1.99. The fourth-order valence-electron chi connectivity index (χ4n) is 1.77. The summed E-state index contributed by atoms with van der Waals surface area (Å²) in [6, 6.07) is 8.52. The van der Waals surface area contributed by atoms with Crippen molar-refractivity contribution < 1.29 is 9.15 Å². The van der Waals surface area contributed by atoms with Gasteiger partial charge in [-0.25, -0.2) is 0 Å². The van der Waals surface area contributed by atoms with E-state index in [1.54, 1.807) is 30.5 Å². The van der Waals surface area contributed by atoms with Gasteiger partial charge in [0.25, 0.3) is 0 Å². The van der Waals surface area contributed by atoms with Gasteiger partial charge >= 0.3 is 0 Å². The average molecular weight is 300 g/mol. The maximum atomic E-state index is 6.08. The van der Waals surface area contributed by atoms with Gasteiger partial charge < -0.3 is 14.9 Å². The van der Waals surface area contributed by atoms with Crippen molar-refractivity contribution >= 4 is 23.2 Å². The fourth-order valence-corrected chi connectivity index (χ4v) is 2.27. The summed E-state index contributed by atoms with van der Waals surface area (Å²) in [5.74, 6) is 1.26. The third-order valence-corrected chi connectivity index (χ3v) is 3.22. The van der Waals surface area contributed by atoms with Crippen LogP contribution in [-0.4, -0.2) is 6.04 Å². The summed E-state index contributed by atoms with van der Waals surface area (Å²) in [4.78, 5) is 0. The van der Waals surface area contributed by atoms with E-state index in [-0.39, 0.29) is 12.1 Å². The number of ether oxygens (including phenoxy) is 1. The Kier molecular flexibility index (Phi) is 4.75. The van der Waals surface area contributed by atoms with E-state index in [2.05, 4.69) is 0 Å². The quantitative estimate of drug-likeness (QED) is 0.887. The highest BCUT2D eigenvalue weighted by Gasteiger charge is 2.23. The largest absolute Gasteiger partial charge is 0.481 e. The predicted molar refractivity (Wildman–Crippen MR) is 76.8 cm³/mol. The molecule has 1 heterocycles. The third-order valence-electron chi connectivity index (χ3n) is 2.78. The maximum absolute atomic E-state index is 6.08. The summed E-state index contributed by atoms with van der Waals surface area (Å²) in [7, 11) is 0. The molecule has 0 aliphatic carbocycles. The summed E-state index contributed by atoms with van der Waals surface area (Å²) in [5, 5.41) is 1.04. The Bertz CT molecular complexity index is 508. The van der Waals surface area contributed by atoms with Crippen molar-refractivity contribution in [3.63, 3.8) is 0 Å². The van der Waals surface area contributed by atoms with Crippen LogP contribution in [0.5, 0.6) is 5.75 Å². The van der Waals surface area contributed by atoms with E-state index in [1.807, 2.05) is 13.0 Å². The lowest BCUT2D eigenvalue weighted by molar-refractivity contribution is 0.145. The molecule has 0 bridgehead atoms. The number of hydrogen-bond acceptors (Lipinski definition) is 3. The first-order chi connectivity index (χ1) is 9.10. The standard InChI is InChI=1S/C14H15Cl2NO2/c1-2-12(17)14(13-4-3-5-18-13)19-11-7-9(15)6-10(16)8-11/h3-8,12,14H,2,17H2,1H3. The molecule has 0 aliphatic rings. The van der Waals surface area contributed by atoms with Crippen LogP contribution in [0, 0.1) is 0 Å². The SMILES string of the molecule is CCC(N)C(Oc1cc(Cl)cc(Cl)c1)c1ccco1. The van der Waals surface area contributed by atoms with E-state index in [4.69, 9.17) is 38.1 Å². The molecule has 3 nitrogen and oxygen atoms in total. The van der Waals surface area contributed by atoms with Gasteiger partial charge in [-0.2, -0.15) is 0 Å². The molecule has 0 saturated carbocycles. The van der Waals surface area contributed by atoms with Crippen LogP contribution in [0.3, 0.4) is 0 Å². The molecular formula is C14H15Cl2NO2. The van der Waals surface area contributed by atoms with Gasteiger partial charge in [-0.15, -0.1) is 0 Å². The first kappa shape index (κ1) is 14.3. The number of furan rings is 1. The molecular weight excluding hydrogens is 285 g/mol. The second kappa shape index (κ2) is 6.33. The molecule has 2 N–H and O–H groups in total. The van der Waals surface area contributed by atoms with Crippen molar-refractivity contribution in [2.45, 2.75) is 25.5 Å². The van der Waals surface area contributed by atoms with Gasteiger partial charge in [-0.05, 0) is 36.8 Å². The molecule has 2 aromatic rings. The van der Waals surface area contributed by atoms with Crippen LogP contribution in [-0.2, 0) is 0 Å². The van der Waals surface area contributed by atoms with Gasteiger partial charge in [-0.1, -0.05) is 30.1 Å². The second-order valence-corrected chi connectivity index (χ2v) is 5.10. The van der Waals surface area contributed by atoms with E-state index < -0.39 is 0 Å². The van der Waals surface area contributed by atoms with Crippen LogP contribution >= 0.6 is 23.2 Å². The minimum Gasteiger partial charge on any atom is -0.481 e. The number of hydrogen-bond donors (Lipinski definition) is 1. The summed E-state index contributed by atoms with van der Waals surface area (Å²) >= 11 is 11.9. The molecule has 2 atom stereocenters. The molecule has 0 fully saturated rings. The highest BCUT2D eigenvalue weighted by molar-refractivity contribution is 6.34. The van der Waals surface area contributed by atoms with Crippen molar-refractivity contribution in [2.24, 2.45) is 5.73 Å². The predicted octanol–water partition coefficient (Wildman–Crippen LogP) is 4.44. The molecule has 19 heavy (non-hydrogen) atoms. The zero-order valence-corrected chi connectivity index (χ0v) is 12.0. The smallest absolute Gasteiger partial charge is 0.171 e. The summed E-state index contributed by atoms with van der Waals surface area (Å²) < 4.78 is 11.3. The van der Waals surface area contributed by atoms with E-state index in [0.717, 1.165) is 6.42 Å². The lowest BCUT2D eigenvalue weighted by atomic mass is 10.1. The van der Waals surface area contributed by atoms with Crippen LogP contribution in [0.1, 0.15) is 25.2 Å². The minimum absolute atomic E-state index is 0.177. The number of halogens is 2. The molecule has 102 valence electrons. The molecule has 1 aromatic heterocycles. The van der Waals surface area contributed by atoms with Gasteiger partial charge in [0.05, 0.1) is 6.26 Å². The van der Waals surface area contributed by atoms with Crippen LogP contribution in [0.2, 0.25) is 10.0 Å². The van der Waals surface area contributed by atoms with Crippen LogP contribution in [0.15, 0.2) is 41.0 Å². The Balaban J connectivity index is 2.25. The first-order valence-corrected chi connectivity index (χ1v) is 6.77. The zero-order valence-electron chi connectivity index (χ0n) is 10.5. The van der Waals surface area contributed by atoms with Crippen molar-refractivity contribution in [1.29, 1.82) is 0 Å². The summed E-state index contributed by atoms with van der Waals surface area (Å²) in [5.41, 5.74) is 6.08. The molecule has 0 radical (unpaired) electrons. The van der Waals surface area contributed by atoms with Gasteiger partial charge in [0, 0.05) is 16.1 Å². The van der Waals surface area contributed by atoms with Crippen molar-refractivity contribution in [1.82, 2.24) is 0 Å². The molecule has 2 rings (SSSR count). The van der Waals surface area contributed by atoms with Gasteiger partial charge in [0.2, 0.25) is 0 Å². The highest BCUT2D eigenvalue weighted by Crippen LogP contribution is 2.30. The van der Waals surface area contributed by atoms with Crippen LogP contribution < -0.4 is 10.5 Å². The molecule has 0 saturated heterocycles. The Labute approximate surface area is 122 Å². The normalized spacial score (nSPS) is 14.1. The number of benzene rings is 1. The molecule has 0 amide bonds. The number of rotatable bonds is 5. The fraction of sp³-hybridized carbons (Fsp3) is 0.286. The Morgan fingerprint density at radius 3 is 2.47 bits per heavy atom. The topological polar surface area (TPSA) is 48.4 Å². The minimum atomic E-state index is -0.366. The van der Waals surface area contributed by atoms with Crippen molar-refractivity contribution in [3.8, 4) is 5.75 Å². The monoisotopic (exact) mass is 299 g/mol. The van der Waals surface area contributed by atoms with E-state index in [9.17, 15) is 0 Å². The Morgan fingerprint density at radius 2 is 1.95 bits per heavy atom. The van der Waals surface area contributed by atoms with E-state index in [0.29, 0.717) is 21.6 Å². The second-order valence-electron chi connectivity index (χ2n) is 4.23. The molecule has 0 spiro atoms. The van der Waals surface area contributed by atoms with Crippen molar-refractivity contribution in [3.05, 3.63) is 52.4 Å². The summed E-state index contributed by atoms with van der Waals surface area (Å²) in [6.45, 7) is 1.99. The maximum Gasteiger partial charge on any atom is 0.171 e. The Morgan fingerprint density at radius 1 is 1.26 bits per heavy atom. The molecule has 5 heteroatoms. The van der Waals surface area contributed by atoms with Gasteiger partial charge in [-0.3, -0.25) is 0 Å². The molecule has 1 aromatic carbocycles. The van der Waals surface area contributed by atoms with E-state index >= 15 is 0 Å².